The number of hydrogen-bond acceptors (Lipinski definition) is 3. The van der Waals surface area contributed by atoms with Crippen LogP contribution < -0.4 is 11.5 Å². The highest BCUT2D eigenvalue weighted by atomic mass is 16.3. The first kappa shape index (κ1) is 18.8. The zero-order chi connectivity index (χ0) is 20.2. The third kappa shape index (κ3) is 4.00. The van der Waals surface area contributed by atoms with E-state index >= 15 is 0 Å². The second kappa shape index (κ2) is 8.21. The minimum absolute atomic E-state index is 0.0131. The molecule has 0 aliphatic carbocycles. The Morgan fingerprint density at radius 2 is 1.07 bits per heavy atom. The topological polar surface area (TPSA) is 72.3 Å². The zero-order valence-electron chi connectivity index (χ0n) is 16.1. The Labute approximate surface area is 171 Å². The Balaban J connectivity index is 1.82. The van der Waals surface area contributed by atoms with Gasteiger partial charge in [0, 0.05) is 22.9 Å². The van der Waals surface area contributed by atoms with Crippen molar-refractivity contribution < 1.29 is 5.11 Å². The number of anilines is 2. The molecule has 0 saturated carbocycles. The zero-order valence-corrected chi connectivity index (χ0v) is 16.1. The smallest absolute Gasteiger partial charge is 0.106 e. The molecule has 0 aliphatic rings. The number of hydrogen-bond donors (Lipinski definition) is 3. The van der Waals surface area contributed by atoms with E-state index in [0.717, 1.165) is 22.4 Å². The molecule has 3 heteroatoms. The first-order chi connectivity index (χ1) is 14.1. The minimum atomic E-state index is -0.779. The van der Waals surface area contributed by atoms with Crippen molar-refractivity contribution in [1.29, 1.82) is 0 Å². The highest BCUT2D eigenvalue weighted by molar-refractivity contribution is 5.56. The van der Waals surface area contributed by atoms with Crippen LogP contribution in [-0.2, 0) is 0 Å². The summed E-state index contributed by atoms with van der Waals surface area (Å²) >= 11 is 0. The molecule has 0 radical (unpaired) electrons. The van der Waals surface area contributed by atoms with Gasteiger partial charge in [0.05, 0.1) is 0 Å². The van der Waals surface area contributed by atoms with Gasteiger partial charge in [0.2, 0.25) is 0 Å². The first-order valence-corrected chi connectivity index (χ1v) is 9.66. The van der Waals surface area contributed by atoms with Crippen LogP contribution in [0.4, 0.5) is 11.4 Å². The predicted molar refractivity (Wildman–Crippen MR) is 120 cm³/mol. The van der Waals surface area contributed by atoms with Crippen molar-refractivity contribution in [2.24, 2.45) is 0 Å². The lowest BCUT2D eigenvalue weighted by Gasteiger charge is -2.22. The molecular weight excluding hydrogens is 356 g/mol. The van der Waals surface area contributed by atoms with E-state index in [9.17, 15) is 5.11 Å². The van der Waals surface area contributed by atoms with Gasteiger partial charge in [-0.05, 0) is 46.5 Å². The average Bonchev–Trinajstić information content (AvgIpc) is 2.77. The quantitative estimate of drug-likeness (QED) is 0.333. The average molecular weight is 380 g/mol. The molecule has 0 bridgehead atoms. The summed E-state index contributed by atoms with van der Waals surface area (Å²) in [7, 11) is 0. The van der Waals surface area contributed by atoms with Gasteiger partial charge in [0.25, 0.3) is 0 Å². The van der Waals surface area contributed by atoms with E-state index in [2.05, 4.69) is 24.3 Å². The van der Waals surface area contributed by atoms with Crippen LogP contribution >= 0.6 is 0 Å². The van der Waals surface area contributed by atoms with E-state index in [-0.39, 0.29) is 5.92 Å². The van der Waals surface area contributed by atoms with Crippen molar-refractivity contribution in [2.45, 2.75) is 12.0 Å². The highest BCUT2D eigenvalue weighted by Gasteiger charge is 2.20. The van der Waals surface area contributed by atoms with Gasteiger partial charge in [-0.25, -0.2) is 0 Å². The van der Waals surface area contributed by atoms with Gasteiger partial charge in [0.1, 0.15) is 6.10 Å². The van der Waals surface area contributed by atoms with E-state index in [4.69, 9.17) is 11.5 Å². The molecule has 4 aromatic rings. The monoisotopic (exact) mass is 380 g/mol. The summed E-state index contributed by atoms with van der Waals surface area (Å²) in [6.45, 7) is 0. The summed E-state index contributed by atoms with van der Waals surface area (Å²) in [6.07, 6.45) is -0.779. The second-order valence-corrected chi connectivity index (χ2v) is 7.21. The van der Waals surface area contributed by atoms with Crippen LogP contribution in [0.5, 0.6) is 0 Å². The maximum atomic E-state index is 11.0. The van der Waals surface area contributed by atoms with Crippen LogP contribution in [0.1, 0.15) is 39.8 Å². The van der Waals surface area contributed by atoms with Crippen LogP contribution in [0.2, 0.25) is 0 Å². The molecule has 144 valence electrons. The maximum absolute atomic E-state index is 11.0. The van der Waals surface area contributed by atoms with Gasteiger partial charge in [-0.1, -0.05) is 78.9 Å². The molecule has 5 N–H and O–H groups in total. The van der Waals surface area contributed by atoms with E-state index in [1.165, 1.54) is 5.56 Å². The number of benzene rings is 4. The van der Waals surface area contributed by atoms with Crippen molar-refractivity contribution in [3.8, 4) is 0 Å². The van der Waals surface area contributed by atoms with Gasteiger partial charge in [-0.2, -0.15) is 0 Å². The van der Waals surface area contributed by atoms with Crippen LogP contribution in [0.15, 0.2) is 103 Å². The number of nitrogens with two attached hydrogens (primary N) is 2. The van der Waals surface area contributed by atoms with Gasteiger partial charge >= 0.3 is 0 Å². The molecule has 2 unspecified atom stereocenters. The Kier molecular flexibility index (Phi) is 5.32. The fraction of sp³-hybridized carbons (Fsp3) is 0.0769. The molecule has 0 heterocycles. The summed E-state index contributed by atoms with van der Waals surface area (Å²) in [5, 5.41) is 11.0. The normalized spacial score (nSPS) is 13.0. The van der Waals surface area contributed by atoms with Crippen LogP contribution in [0.25, 0.3) is 0 Å². The molecule has 0 saturated heterocycles. The molecular formula is C26H24N2O. The highest BCUT2D eigenvalue weighted by Crippen LogP contribution is 2.36. The number of rotatable bonds is 5. The predicted octanol–water partition coefficient (Wildman–Crippen LogP) is 5.11. The van der Waals surface area contributed by atoms with E-state index in [1.54, 1.807) is 0 Å². The largest absolute Gasteiger partial charge is 0.399 e. The summed E-state index contributed by atoms with van der Waals surface area (Å²) in [6, 6.07) is 33.8. The van der Waals surface area contributed by atoms with Crippen molar-refractivity contribution >= 4 is 11.4 Å². The lowest BCUT2D eigenvalue weighted by molar-refractivity contribution is 0.221. The lowest BCUT2D eigenvalue weighted by atomic mass is 9.83. The Morgan fingerprint density at radius 1 is 0.552 bits per heavy atom. The number of nitrogen functional groups attached to an aromatic ring is 2. The second-order valence-electron chi connectivity index (χ2n) is 7.21. The van der Waals surface area contributed by atoms with Crippen molar-refractivity contribution in [2.75, 3.05) is 11.5 Å². The lowest BCUT2D eigenvalue weighted by Crippen LogP contribution is -2.08. The molecule has 4 rings (SSSR count). The fourth-order valence-electron chi connectivity index (χ4n) is 3.74. The summed E-state index contributed by atoms with van der Waals surface area (Å²) < 4.78 is 0. The van der Waals surface area contributed by atoms with Gasteiger partial charge < -0.3 is 16.6 Å². The van der Waals surface area contributed by atoms with Crippen molar-refractivity contribution in [3.05, 3.63) is 131 Å². The molecule has 0 amide bonds. The van der Waals surface area contributed by atoms with E-state index < -0.39 is 6.10 Å². The van der Waals surface area contributed by atoms with Crippen LogP contribution in [0, 0.1) is 0 Å². The molecule has 0 spiro atoms. The summed E-state index contributed by atoms with van der Waals surface area (Å²) in [5.41, 5.74) is 18.4. The molecule has 0 fully saturated rings. The molecule has 2 atom stereocenters. The van der Waals surface area contributed by atoms with Gasteiger partial charge in [-0.15, -0.1) is 0 Å². The summed E-state index contributed by atoms with van der Waals surface area (Å²) in [4.78, 5) is 0. The molecule has 3 nitrogen and oxygen atoms in total. The molecule has 4 aromatic carbocycles. The number of aliphatic hydroxyl groups is 1. The standard InChI is InChI=1S/C26H24N2O/c27-22-14-11-19(12-15-22)25(18-7-3-1-4-8-18)21-13-16-24(28)23(17-21)26(29)20-9-5-2-6-10-20/h1-17,25-26,29H,27-28H2. The summed E-state index contributed by atoms with van der Waals surface area (Å²) in [5.74, 6) is 0.0131. The van der Waals surface area contributed by atoms with Crippen molar-refractivity contribution in [3.63, 3.8) is 0 Å². The Hall–Kier alpha value is -3.56. The molecule has 0 aromatic heterocycles. The molecule has 29 heavy (non-hydrogen) atoms. The van der Waals surface area contributed by atoms with E-state index in [0.29, 0.717) is 11.3 Å². The Bertz CT molecular complexity index is 1080. The van der Waals surface area contributed by atoms with Crippen LogP contribution in [-0.4, -0.2) is 5.11 Å². The third-order valence-electron chi connectivity index (χ3n) is 5.26. The van der Waals surface area contributed by atoms with Gasteiger partial charge in [-0.3, -0.25) is 0 Å². The third-order valence-corrected chi connectivity index (χ3v) is 5.26. The molecule has 0 aliphatic heterocycles. The van der Waals surface area contributed by atoms with Crippen molar-refractivity contribution in [1.82, 2.24) is 0 Å². The van der Waals surface area contributed by atoms with E-state index in [1.807, 2.05) is 78.9 Å². The van der Waals surface area contributed by atoms with Gasteiger partial charge in [0.15, 0.2) is 0 Å². The first-order valence-electron chi connectivity index (χ1n) is 9.66. The Morgan fingerprint density at radius 3 is 1.69 bits per heavy atom. The maximum Gasteiger partial charge on any atom is 0.106 e. The minimum Gasteiger partial charge on any atom is -0.399 e. The van der Waals surface area contributed by atoms with Crippen LogP contribution in [0.3, 0.4) is 0 Å². The number of aliphatic hydroxyl groups excluding tert-OH is 1. The SMILES string of the molecule is Nc1ccc(C(c2ccccc2)c2ccc(N)c(C(O)c3ccccc3)c2)cc1. The fourth-order valence-corrected chi connectivity index (χ4v) is 3.74.